The van der Waals surface area contributed by atoms with Gasteiger partial charge < -0.3 is 10.4 Å². The summed E-state index contributed by atoms with van der Waals surface area (Å²) < 4.78 is 30.2. The molecule has 1 aliphatic carbocycles. The number of carbonyl (C=O) groups is 2. The first-order chi connectivity index (χ1) is 12.7. The van der Waals surface area contributed by atoms with Crippen molar-refractivity contribution in [3.63, 3.8) is 0 Å². The predicted molar refractivity (Wildman–Crippen MR) is 97.0 cm³/mol. The molecule has 2 N–H and O–H groups in total. The largest absolute Gasteiger partial charge is 0.479 e. The number of aliphatic carboxylic acids is 1. The number of alkyl halides is 2. The SMILES string of the molecule is CCCc1c(C)cccc1C(=O)NC1(C(=O)O)Cc2ccccc2C1(F)F. The maximum atomic E-state index is 15.1. The van der Waals surface area contributed by atoms with Crippen LogP contribution in [0.4, 0.5) is 8.78 Å². The molecule has 0 spiro atoms. The number of carbonyl (C=O) groups excluding carboxylic acids is 1. The van der Waals surface area contributed by atoms with E-state index in [0.29, 0.717) is 6.42 Å². The molecule has 0 saturated carbocycles. The van der Waals surface area contributed by atoms with Gasteiger partial charge >= 0.3 is 11.9 Å². The highest BCUT2D eigenvalue weighted by atomic mass is 19.3. The Morgan fingerprint density at radius 2 is 1.85 bits per heavy atom. The predicted octanol–water partition coefficient (Wildman–Crippen LogP) is 3.85. The number of nitrogens with one attached hydrogen (secondary N) is 1. The summed E-state index contributed by atoms with van der Waals surface area (Å²) in [5.41, 5.74) is -0.980. The van der Waals surface area contributed by atoms with E-state index in [-0.39, 0.29) is 16.7 Å². The molecule has 6 heteroatoms. The number of benzene rings is 2. The number of aryl methyl sites for hydroxylation is 1. The summed E-state index contributed by atoms with van der Waals surface area (Å²) in [7, 11) is 0. The Kier molecular flexibility index (Phi) is 4.76. The summed E-state index contributed by atoms with van der Waals surface area (Å²) in [6.07, 6.45) is 0.912. The van der Waals surface area contributed by atoms with Gasteiger partial charge in [-0.05, 0) is 36.1 Å². The van der Waals surface area contributed by atoms with Crippen molar-refractivity contribution in [3.05, 3.63) is 70.3 Å². The van der Waals surface area contributed by atoms with Crippen LogP contribution in [-0.4, -0.2) is 22.5 Å². The van der Waals surface area contributed by atoms with Gasteiger partial charge in [0.05, 0.1) is 0 Å². The molecular formula is C21H21F2NO3. The van der Waals surface area contributed by atoms with Crippen LogP contribution in [0.2, 0.25) is 0 Å². The topological polar surface area (TPSA) is 66.4 Å². The van der Waals surface area contributed by atoms with Gasteiger partial charge in [0.1, 0.15) is 0 Å². The quantitative estimate of drug-likeness (QED) is 0.837. The number of hydrogen-bond donors (Lipinski definition) is 2. The number of halogens is 2. The highest BCUT2D eigenvalue weighted by Gasteiger charge is 2.66. The lowest BCUT2D eigenvalue weighted by Gasteiger charge is -2.32. The molecule has 4 nitrogen and oxygen atoms in total. The van der Waals surface area contributed by atoms with Crippen LogP contribution in [0.5, 0.6) is 0 Å². The van der Waals surface area contributed by atoms with E-state index in [9.17, 15) is 14.7 Å². The molecule has 0 heterocycles. The van der Waals surface area contributed by atoms with Gasteiger partial charge in [-0.15, -0.1) is 0 Å². The summed E-state index contributed by atoms with van der Waals surface area (Å²) in [6.45, 7) is 3.80. The molecule has 0 saturated heterocycles. The molecule has 2 aromatic carbocycles. The molecule has 0 bridgehead atoms. The van der Waals surface area contributed by atoms with E-state index in [1.54, 1.807) is 18.2 Å². The summed E-state index contributed by atoms with van der Waals surface area (Å²) >= 11 is 0. The first-order valence-electron chi connectivity index (χ1n) is 8.85. The fourth-order valence-electron chi connectivity index (χ4n) is 3.75. The average molecular weight is 373 g/mol. The summed E-state index contributed by atoms with van der Waals surface area (Å²) in [5.74, 6) is -6.27. The van der Waals surface area contributed by atoms with Crippen molar-refractivity contribution >= 4 is 11.9 Å². The van der Waals surface area contributed by atoms with E-state index in [1.807, 2.05) is 19.9 Å². The molecule has 1 amide bonds. The van der Waals surface area contributed by atoms with Crippen molar-refractivity contribution in [2.45, 2.75) is 44.6 Å². The third-order valence-electron chi connectivity index (χ3n) is 5.19. The van der Waals surface area contributed by atoms with Crippen LogP contribution < -0.4 is 5.32 Å². The molecule has 1 atom stereocenters. The molecule has 0 fully saturated rings. The molecule has 2 aromatic rings. The van der Waals surface area contributed by atoms with E-state index in [2.05, 4.69) is 5.32 Å². The first kappa shape index (κ1) is 19.0. The Morgan fingerprint density at radius 3 is 2.48 bits per heavy atom. The van der Waals surface area contributed by atoms with Crippen LogP contribution >= 0.6 is 0 Å². The van der Waals surface area contributed by atoms with Crippen LogP contribution in [0.25, 0.3) is 0 Å². The minimum absolute atomic E-state index is 0.225. The fraction of sp³-hybridized carbons (Fsp3) is 0.333. The molecule has 0 aliphatic heterocycles. The zero-order valence-corrected chi connectivity index (χ0v) is 15.2. The average Bonchev–Trinajstić information content (AvgIpc) is 2.85. The normalized spacial score (nSPS) is 20.1. The van der Waals surface area contributed by atoms with Crippen molar-refractivity contribution in [1.29, 1.82) is 0 Å². The van der Waals surface area contributed by atoms with Gasteiger partial charge in [-0.25, -0.2) is 4.79 Å². The maximum Gasteiger partial charge on any atom is 0.336 e. The van der Waals surface area contributed by atoms with Crippen LogP contribution in [0, 0.1) is 6.92 Å². The van der Waals surface area contributed by atoms with E-state index in [1.165, 1.54) is 18.2 Å². The van der Waals surface area contributed by atoms with Gasteiger partial charge in [-0.2, -0.15) is 8.78 Å². The number of carboxylic acid groups (broad SMARTS) is 1. The zero-order chi connectivity index (χ0) is 19.8. The van der Waals surface area contributed by atoms with Gasteiger partial charge in [-0.3, -0.25) is 4.79 Å². The molecule has 27 heavy (non-hydrogen) atoms. The lowest BCUT2D eigenvalue weighted by molar-refractivity contribution is -0.163. The van der Waals surface area contributed by atoms with Crippen molar-refractivity contribution in [1.82, 2.24) is 5.32 Å². The van der Waals surface area contributed by atoms with E-state index in [4.69, 9.17) is 0 Å². The third-order valence-corrected chi connectivity index (χ3v) is 5.19. The van der Waals surface area contributed by atoms with E-state index < -0.39 is 29.8 Å². The van der Waals surface area contributed by atoms with Gasteiger partial charge in [0.25, 0.3) is 5.91 Å². The monoisotopic (exact) mass is 373 g/mol. The molecule has 1 unspecified atom stereocenters. The highest BCUT2D eigenvalue weighted by Crippen LogP contribution is 2.49. The molecular weight excluding hydrogens is 352 g/mol. The Labute approximate surface area is 156 Å². The number of hydrogen-bond acceptors (Lipinski definition) is 2. The van der Waals surface area contributed by atoms with Gasteiger partial charge in [0, 0.05) is 17.5 Å². The second kappa shape index (κ2) is 6.76. The number of rotatable bonds is 5. The third kappa shape index (κ3) is 2.89. The summed E-state index contributed by atoms with van der Waals surface area (Å²) in [6, 6.07) is 10.7. The first-order valence-corrected chi connectivity index (χ1v) is 8.85. The van der Waals surface area contributed by atoms with Gasteiger partial charge in [-0.1, -0.05) is 49.7 Å². The summed E-state index contributed by atoms with van der Waals surface area (Å²) in [5, 5.41) is 11.9. The number of amides is 1. The van der Waals surface area contributed by atoms with E-state index >= 15 is 8.78 Å². The zero-order valence-electron chi connectivity index (χ0n) is 15.2. The van der Waals surface area contributed by atoms with Crippen molar-refractivity contribution < 1.29 is 23.5 Å². The molecule has 142 valence electrons. The van der Waals surface area contributed by atoms with E-state index in [0.717, 1.165) is 17.5 Å². The van der Waals surface area contributed by atoms with Crippen molar-refractivity contribution in [3.8, 4) is 0 Å². The summed E-state index contributed by atoms with van der Waals surface area (Å²) in [4.78, 5) is 24.8. The Hall–Kier alpha value is -2.76. The fourth-order valence-corrected chi connectivity index (χ4v) is 3.75. The smallest absolute Gasteiger partial charge is 0.336 e. The molecule has 0 radical (unpaired) electrons. The Morgan fingerprint density at radius 1 is 1.15 bits per heavy atom. The molecule has 3 rings (SSSR count). The Bertz CT molecular complexity index is 910. The standard InChI is InChI=1S/C21H21F2NO3/c1-3-7-15-13(2)8-6-10-16(15)18(25)24-20(19(26)27)12-14-9-4-5-11-17(14)21(20,22)23/h4-6,8-11H,3,7,12H2,1-2H3,(H,24,25)(H,26,27). The number of fused-ring (bicyclic) bond motifs is 1. The minimum atomic E-state index is -3.72. The van der Waals surface area contributed by atoms with Gasteiger partial charge in [0.2, 0.25) is 5.54 Å². The van der Waals surface area contributed by atoms with Gasteiger partial charge in [0.15, 0.2) is 0 Å². The van der Waals surface area contributed by atoms with Crippen LogP contribution in [0.1, 0.15) is 46.0 Å². The van der Waals surface area contributed by atoms with Crippen LogP contribution in [0.15, 0.2) is 42.5 Å². The lowest BCUT2D eigenvalue weighted by atomic mass is 9.90. The minimum Gasteiger partial charge on any atom is -0.479 e. The lowest BCUT2D eigenvalue weighted by Crippen LogP contribution is -2.62. The maximum absolute atomic E-state index is 15.1. The van der Waals surface area contributed by atoms with Crippen LogP contribution in [-0.2, 0) is 23.6 Å². The van der Waals surface area contributed by atoms with Crippen LogP contribution in [0.3, 0.4) is 0 Å². The second-order valence-electron chi connectivity index (χ2n) is 6.92. The molecule has 1 aliphatic rings. The highest BCUT2D eigenvalue weighted by molar-refractivity contribution is 6.00. The number of carboxylic acids is 1. The Balaban J connectivity index is 2.04. The van der Waals surface area contributed by atoms with Crippen molar-refractivity contribution in [2.75, 3.05) is 0 Å². The van der Waals surface area contributed by atoms with Crippen molar-refractivity contribution in [2.24, 2.45) is 0 Å². The second-order valence-corrected chi connectivity index (χ2v) is 6.92. The molecule has 0 aromatic heterocycles.